The number of azide groups is 1. The van der Waals surface area contributed by atoms with Gasteiger partial charge in [0.15, 0.2) is 11.9 Å². The van der Waals surface area contributed by atoms with Crippen LogP contribution in [0.15, 0.2) is 28.6 Å². The smallest absolute Gasteiger partial charge is 0.303 e. The van der Waals surface area contributed by atoms with Crippen molar-refractivity contribution in [2.45, 2.75) is 99.2 Å². The molecule has 0 aromatic carbocycles. The number of allylic oxidation sites excluding steroid dienone is 2. The lowest BCUT2D eigenvalue weighted by Gasteiger charge is -2.61. The molecule has 0 aromatic heterocycles. The highest BCUT2D eigenvalue weighted by Gasteiger charge is 2.81. The highest BCUT2D eigenvalue weighted by Crippen LogP contribution is 2.87. The SMILES string of the molecule is CC(=O)O[C@H]1C[C@@]2(C)C3CCC4[C@H](C)C(=O)C=C[C@@]45C[C@@]35CC[C@]2(C)[C@H]1[C@H](C)[C@@H](OC(C)=O)C1=C(CN=[N+]=[N-])C(C)CO1. The number of nitrogens with zero attached hydrogens (tertiary/aromatic N) is 3. The van der Waals surface area contributed by atoms with E-state index in [0.717, 1.165) is 44.1 Å². The lowest BCUT2D eigenvalue weighted by atomic mass is 9.43. The molecule has 12 atom stereocenters. The third kappa shape index (κ3) is 4.09. The van der Waals surface area contributed by atoms with Gasteiger partial charge >= 0.3 is 11.9 Å². The monoisotopic (exact) mass is 593 g/mol. The van der Waals surface area contributed by atoms with Crippen molar-refractivity contribution in [3.63, 3.8) is 0 Å². The summed E-state index contributed by atoms with van der Waals surface area (Å²) in [7, 11) is 0. The van der Waals surface area contributed by atoms with Gasteiger partial charge in [-0.3, -0.25) is 14.4 Å². The Labute approximate surface area is 254 Å². The third-order valence-electron chi connectivity index (χ3n) is 13.6. The average Bonchev–Trinajstić information content (AvgIpc) is 3.38. The van der Waals surface area contributed by atoms with Crippen molar-refractivity contribution >= 4 is 17.7 Å². The molecular formula is C34H47N3O6. The second-order valence-corrected chi connectivity index (χ2v) is 15.2. The van der Waals surface area contributed by atoms with E-state index in [1.165, 1.54) is 13.8 Å². The number of hydrogen-bond acceptors (Lipinski definition) is 7. The predicted molar refractivity (Wildman–Crippen MR) is 159 cm³/mol. The number of ketones is 1. The molecule has 0 amide bonds. The van der Waals surface area contributed by atoms with Gasteiger partial charge in [-0.2, -0.15) is 0 Å². The Morgan fingerprint density at radius 1 is 1.16 bits per heavy atom. The number of carbonyl (C=O) groups is 3. The zero-order valence-electron chi connectivity index (χ0n) is 26.7. The lowest BCUT2D eigenvalue weighted by Crippen LogP contribution is -2.55. The largest absolute Gasteiger partial charge is 0.493 e. The van der Waals surface area contributed by atoms with Crippen molar-refractivity contribution in [3.05, 3.63) is 33.9 Å². The van der Waals surface area contributed by atoms with E-state index >= 15 is 0 Å². The minimum Gasteiger partial charge on any atom is -0.493 e. The van der Waals surface area contributed by atoms with Crippen LogP contribution < -0.4 is 0 Å². The van der Waals surface area contributed by atoms with Gasteiger partial charge in [-0.15, -0.1) is 0 Å². The van der Waals surface area contributed by atoms with Crippen LogP contribution in [0.1, 0.15) is 87.0 Å². The molecule has 43 heavy (non-hydrogen) atoms. The van der Waals surface area contributed by atoms with Crippen LogP contribution in [0.5, 0.6) is 0 Å². The molecule has 0 radical (unpaired) electrons. The molecule has 1 aliphatic heterocycles. The number of hydrogen-bond donors (Lipinski definition) is 0. The number of esters is 2. The van der Waals surface area contributed by atoms with Gasteiger partial charge in [0.2, 0.25) is 0 Å². The summed E-state index contributed by atoms with van der Waals surface area (Å²) < 4.78 is 18.5. The molecule has 1 heterocycles. The van der Waals surface area contributed by atoms with Gasteiger partial charge in [0.05, 0.1) is 13.2 Å². The fourth-order valence-electron chi connectivity index (χ4n) is 11.7. The van der Waals surface area contributed by atoms with Gasteiger partial charge in [0, 0.05) is 42.4 Å². The first-order chi connectivity index (χ1) is 20.3. The number of ether oxygens (including phenoxy) is 3. The van der Waals surface area contributed by atoms with Gasteiger partial charge in [-0.1, -0.05) is 45.8 Å². The zero-order chi connectivity index (χ0) is 31.1. The van der Waals surface area contributed by atoms with E-state index in [9.17, 15) is 14.4 Å². The Hall–Kier alpha value is -2.80. The molecule has 5 aliphatic carbocycles. The molecule has 4 saturated carbocycles. The Morgan fingerprint density at radius 3 is 2.58 bits per heavy atom. The lowest BCUT2D eigenvalue weighted by molar-refractivity contribution is -0.162. The van der Waals surface area contributed by atoms with Crippen LogP contribution in [0.25, 0.3) is 10.4 Å². The molecule has 9 heteroatoms. The minimum atomic E-state index is -0.680. The molecule has 0 saturated heterocycles. The van der Waals surface area contributed by atoms with Crippen LogP contribution >= 0.6 is 0 Å². The van der Waals surface area contributed by atoms with Crippen molar-refractivity contribution in [1.82, 2.24) is 0 Å². The molecule has 0 N–H and O–H groups in total. The summed E-state index contributed by atoms with van der Waals surface area (Å²) in [4.78, 5) is 40.7. The zero-order valence-corrected chi connectivity index (χ0v) is 26.7. The van der Waals surface area contributed by atoms with E-state index in [0.29, 0.717) is 24.2 Å². The number of rotatable bonds is 7. The standard InChI is InChI=1S/C34H47N3O6/c1-18-16-41-30(23(18)15-36-37-35)29(43-22(5)39)20(3)28-26(42-21(4)38)14-32(7)27-9-8-24-19(2)25(40)10-11-33(24)17-34(27,33)13-12-31(28,32)6/h10-11,18-20,24,26-29H,8-9,12-17H2,1-7H3/t18?,19-,20-,24?,26-,27?,28-,29+,31+,32-,33+,34-/m0/s1. The Kier molecular flexibility index (Phi) is 7.11. The highest BCUT2D eigenvalue weighted by atomic mass is 16.6. The quantitative estimate of drug-likeness (QED) is 0.139. The van der Waals surface area contributed by atoms with Crippen molar-refractivity contribution in [2.24, 2.45) is 62.3 Å². The molecule has 0 bridgehead atoms. The normalized spacial score (nSPS) is 45.4. The highest BCUT2D eigenvalue weighted by molar-refractivity contribution is 5.93. The summed E-state index contributed by atoms with van der Waals surface area (Å²) in [6.45, 7) is 14.5. The molecule has 234 valence electrons. The minimum absolute atomic E-state index is 0.0352. The van der Waals surface area contributed by atoms with Gasteiger partial charge in [0.1, 0.15) is 11.9 Å². The van der Waals surface area contributed by atoms with Gasteiger partial charge in [0.25, 0.3) is 0 Å². The second kappa shape index (κ2) is 10.1. The number of carbonyl (C=O) groups excluding carboxylic acids is 3. The summed E-state index contributed by atoms with van der Waals surface area (Å²) in [5.74, 6) is 0.821. The molecule has 0 aromatic rings. The van der Waals surface area contributed by atoms with E-state index in [1.54, 1.807) is 0 Å². The van der Waals surface area contributed by atoms with Crippen molar-refractivity contribution in [2.75, 3.05) is 13.2 Å². The van der Waals surface area contributed by atoms with Gasteiger partial charge < -0.3 is 14.2 Å². The van der Waals surface area contributed by atoms with Crippen molar-refractivity contribution in [3.8, 4) is 0 Å². The maximum atomic E-state index is 12.7. The average molecular weight is 594 g/mol. The van der Waals surface area contributed by atoms with E-state index < -0.39 is 12.1 Å². The third-order valence-corrected chi connectivity index (χ3v) is 13.6. The topological polar surface area (TPSA) is 128 Å². The first kappa shape index (κ1) is 30.2. The predicted octanol–water partition coefficient (Wildman–Crippen LogP) is 6.72. The molecule has 2 spiro atoms. The van der Waals surface area contributed by atoms with Gasteiger partial charge in [-0.05, 0) is 89.2 Å². The van der Waals surface area contributed by atoms with Crippen LogP contribution in [0.2, 0.25) is 0 Å². The summed E-state index contributed by atoms with van der Waals surface area (Å²) in [5, 5.41) is 3.82. The van der Waals surface area contributed by atoms with E-state index in [1.807, 2.05) is 13.0 Å². The van der Waals surface area contributed by atoms with Crippen LogP contribution in [0.3, 0.4) is 0 Å². The molecular weight excluding hydrogens is 546 g/mol. The summed E-state index contributed by atoms with van der Waals surface area (Å²) in [6.07, 6.45) is 9.23. The van der Waals surface area contributed by atoms with Crippen LogP contribution in [-0.2, 0) is 28.6 Å². The van der Waals surface area contributed by atoms with Gasteiger partial charge in [-0.25, -0.2) is 0 Å². The maximum absolute atomic E-state index is 12.7. The van der Waals surface area contributed by atoms with Crippen LogP contribution in [0.4, 0.5) is 0 Å². The van der Waals surface area contributed by atoms with Crippen molar-refractivity contribution < 1.29 is 28.6 Å². The first-order valence-electron chi connectivity index (χ1n) is 16.2. The molecule has 4 fully saturated rings. The maximum Gasteiger partial charge on any atom is 0.303 e. The summed E-state index contributed by atoms with van der Waals surface area (Å²) in [6, 6.07) is 0. The number of fused-ring (bicyclic) bond motifs is 2. The molecule has 6 rings (SSSR count). The molecule has 9 nitrogen and oxygen atoms in total. The second-order valence-electron chi connectivity index (χ2n) is 15.2. The van der Waals surface area contributed by atoms with E-state index in [4.69, 9.17) is 19.7 Å². The van der Waals surface area contributed by atoms with Crippen LogP contribution in [0, 0.1) is 57.2 Å². The fraction of sp³-hybridized carbons (Fsp3) is 0.794. The van der Waals surface area contributed by atoms with E-state index in [2.05, 4.69) is 43.8 Å². The Balaban J connectivity index is 1.41. The van der Waals surface area contributed by atoms with E-state index in [-0.39, 0.29) is 69.7 Å². The first-order valence-corrected chi connectivity index (χ1v) is 16.2. The summed E-state index contributed by atoms with van der Waals surface area (Å²) >= 11 is 0. The Morgan fingerprint density at radius 2 is 1.91 bits per heavy atom. The van der Waals surface area contributed by atoms with Crippen molar-refractivity contribution in [1.29, 1.82) is 0 Å². The fourth-order valence-corrected chi connectivity index (χ4v) is 11.7. The molecule has 3 unspecified atom stereocenters. The summed E-state index contributed by atoms with van der Waals surface area (Å²) in [5.41, 5.74) is 9.88. The van der Waals surface area contributed by atoms with Crippen LogP contribution in [-0.4, -0.2) is 43.1 Å². The molecule has 6 aliphatic rings. The Bertz CT molecular complexity index is 1350.